The van der Waals surface area contributed by atoms with E-state index in [-0.39, 0.29) is 12.4 Å². The number of nitrogens with one attached hydrogen (secondary N) is 1. The highest BCUT2D eigenvalue weighted by atomic mass is 32.2. The highest BCUT2D eigenvalue weighted by molar-refractivity contribution is 7.98. The molecule has 0 saturated heterocycles. The molecule has 1 N–H and O–H groups in total. The third-order valence-corrected chi connectivity index (χ3v) is 6.88. The lowest BCUT2D eigenvalue weighted by Crippen LogP contribution is -2.29. The molecule has 0 bridgehead atoms. The Bertz CT molecular complexity index is 1450. The standard InChI is InChI=1S/C28H25FN4O3S/c1-18-24(26(34)36-16-19-9-4-3-5-10-19)25(20-12-8-13-22(15-20)35-2)33-27(30-18)31-28(32-33)37-17-21-11-6-7-14-23(21)29/h3-15,25H,16-17H2,1-2H3,(H,30,31,32). The number of carbonyl (C=O) groups is 1. The molecule has 1 aliphatic heterocycles. The van der Waals surface area contributed by atoms with Crippen LogP contribution in [0.2, 0.25) is 0 Å². The van der Waals surface area contributed by atoms with Gasteiger partial charge in [0.05, 0.1) is 12.7 Å². The molecule has 2 heterocycles. The van der Waals surface area contributed by atoms with Crippen LogP contribution in [0.25, 0.3) is 0 Å². The van der Waals surface area contributed by atoms with Gasteiger partial charge in [-0.05, 0) is 41.8 Å². The van der Waals surface area contributed by atoms with Gasteiger partial charge in [0.25, 0.3) is 0 Å². The first-order chi connectivity index (χ1) is 18.0. The van der Waals surface area contributed by atoms with Crippen molar-refractivity contribution < 1.29 is 18.7 Å². The fourth-order valence-corrected chi connectivity index (χ4v) is 4.95. The lowest BCUT2D eigenvalue weighted by molar-refractivity contribution is -0.140. The van der Waals surface area contributed by atoms with Gasteiger partial charge >= 0.3 is 5.97 Å². The fourth-order valence-electron chi connectivity index (χ4n) is 4.14. The van der Waals surface area contributed by atoms with Crippen LogP contribution in [0.1, 0.15) is 29.7 Å². The van der Waals surface area contributed by atoms with Gasteiger partial charge in [-0.2, -0.15) is 4.98 Å². The van der Waals surface area contributed by atoms with Crippen molar-refractivity contribution in [1.29, 1.82) is 0 Å². The van der Waals surface area contributed by atoms with Gasteiger partial charge in [-0.3, -0.25) is 0 Å². The maximum Gasteiger partial charge on any atom is 0.338 e. The Kier molecular flexibility index (Phi) is 7.23. The van der Waals surface area contributed by atoms with E-state index >= 15 is 0 Å². The van der Waals surface area contributed by atoms with Crippen LogP contribution in [0, 0.1) is 5.82 Å². The zero-order chi connectivity index (χ0) is 25.8. The van der Waals surface area contributed by atoms with Crippen LogP contribution in [0.3, 0.4) is 0 Å². The Labute approximate surface area is 218 Å². The molecule has 3 aromatic carbocycles. The Morgan fingerprint density at radius 2 is 1.86 bits per heavy atom. The molecule has 0 spiro atoms. The minimum atomic E-state index is -0.593. The molecule has 5 rings (SSSR count). The summed E-state index contributed by atoms with van der Waals surface area (Å²) in [4.78, 5) is 18.0. The smallest absolute Gasteiger partial charge is 0.338 e. The molecule has 4 aromatic rings. The first kappa shape index (κ1) is 24.6. The Morgan fingerprint density at radius 3 is 2.65 bits per heavy atom. The third-order valence-electron chi connectivity index (χ3n) is 5.99. The van der Waals surface area contributed by atoms with E-state index in [0.29, 0.717) is 39.4 Å². The lowest BCUT2D eigenvalue weighted by atomic mass is 9.95. The SMILES string of the molecule is COc1cccc(C2C(C(=O)OCc3ccccc3)=C(C)Nc3nc(SCc4ccccc4F)nn32)c1. The van der Waals surface area contributed by atoms with Crippen molar-refractivity contribution in [1.82, 2.24) is 14.8 Å². The van der Waals surface area contributed by atoms with Gasteiger partial charge in [-0.1, -0.05) is 72.4 Å². The predicted molar refractivity (Wildman–Crippen MR) is 140 cm³/mol. The number of thioether (sulfide) groups is 1. The molecule has 0 radical (unpaired) electrons. The van der Waals surface area contributed by atoms with E-state index in [0.717, 1.165) is 11.1 Å². The van der Waals surface area contributed by atoms with E-state index in [1.807, 2.05) is 61.5 Å². The Hall–Kier alpha value is -4.11. The molecule has 1 unspecified atom stereocenters. The number of benzene rings is 3. The fraction of sp³-hybridized carbons (Fsp3) is 0.179. The molecular formula is C28H25FN4O3S. The van der Waals surface area contributed by atoms with Crippen molar-refractivity contribution in [3.05, 3.63) is 113 Å². The number of methoxy groups -OCH3 is 1. The monoisotopic (exact) mass is 516 g/mol. The molecular weight excluding hydrogens is 491 g/mol. The van der Waals surface area contributed by atoms with Gasteiger partial charge in [0.1, 0.15) is 24.2 Å². The number of nitrogens with zero attached hydrogens (tertiary/aromatic N) is 3. The number of halogens is 1. The number of ether oxygens (including phenoxy) is 2. The van der Waals surface area contributed by atoms with Crippen molar-refractivity contribution in [3.8, 4) is 5.75 Å². The highest BCUT2D eigenvalue weighted by Crippen LogP contribution is 2.38. The van der Waals surface area contributed by atoms with Crippen LogP contribution < -0.4 is 10.1 Å². The van der Waals surface area contributed by atoms with E-state index in [4.69, 9.17) is 14.6 Å². The molecule has 37 heavy (non-hydrogen) atoms. The number of anilines is 1. The number of esters is 1. The van der Waals surface area contributed by atoms with Gasteiger partial charge < -0.3 is 14.8 Å². The molecule has 1 aromatic heterocycles. The van der Waals surface area contributed by atoms with Crippen molar-refractivity contribution >= 4 is 23.7 Å². The summed E-state index contributed by atoms with van der Waals surface area (Å²) in [7, 11) is 1.59. The number of rotatable bonds is 8. The number of allylic oxidation sites excluding steroid dienone is 1. The minimum Gasteiger partial charge on any atom is -0.497 e. The molecule has 1 atom stereocenters. The molecule has 188 valence electrons. The van der Waals surface area contributed by atoms with E-state index in [1.54, 1.807) is 30.0 Å². The molecule has 0 aliphatic carbocycles. The summed E-state index contributed by atoms with van der Waals surface area (Å²) in [5.74, 6) is 0.788. The molecule has 7 nitrogen and oxygen atoms in total. The number of carbonyl (C=O) groups excluding carboxylic acids is 1. The van der Waals surface area contributed by atoms with Crippen molar-refractivity contribution in [3.63, 3.8) is 0 Å². The predicted octanol–water partition coefficient (Wildman–Crippen LogP) is 5.75. The lowest BCUT2D eigenvalue weighted by Gasteiger charge is -2.28. The summed E-state index contributed by atoms with van der Waals surface area (Å²) in [6, 6.07) is 23.0. The van der Waals surface area contributed by atoms with Gasteiger partial charge in [-0.15, -0.1) is 5.10 Å². The van der Waals surface area contributed by atoms with Crippen LogP contribution in [0.15, 0.2) is 95.3 Å². The second-order valence-electron chi connectivity index (χ2n) is 8.45. The molecule has 0 saturated carbocycles. The quantitative estimate of drug-likeness (QED) is 0.236. The van der Waals surface area contributed by atoms with Gasteiger partial charge in [0.15, 0.2) is 0 Å². The molecule has 0 amide bonds. The Balaban J connectivity index is 1.47. The second kappa shape index (κ2) is 10.9. The number of hydrogen-bond acceptors (Lipinski definition) is 7. The summed E-state index contributed by atoms with van der Waals surface area (Å²) >= 11 is 1.32. The van der Waals surface area contributed by atoms with E-state index in [2.05, 4.69) is 10.3 Å². The summed E-state index contributed by atoms with van der Waals surface area (Å²) in [5, 5.41) is 8.36. The van der Waals surface area contributed by atoms with Crippen LogP contribution in [-0.2, 0) is 21.9 Å². The van der Waals surface area contributed by atoms with Crippen LogP contribution in [0.5, 0.6) is 5.75 Å². The van der Waals surface area contributed by atoms with E-state index in [1.165, 1.54) is 17.8 Å². The molecule has 1 aliphatic rings. The number of hydrogen-bond donors (Lipinski definition) is 1. The van der Waals surface area contributed by atoms with E-state index in [9.17, 15) is 9.18 Å². The van der Waals surface area contributed by atoms with Crippen LogP contribution >= 0.6 is 11.8 Å². The molecule has 9 heteroatoms. The zero-order valence-electron chi connectivity index (χ0n) is 20.3. The highest BCUT2D eigenvalue weighted by Gasteiger charge is 2.35. The molecule has 0 fully saturated rings. The van der Waals surface area contributed by atoms with Crippen molar-refractivity contribution in [2.24, 2.45) is 0 Å². The van der Waals surface area contributed by atoms with Crippen molar-refractivity contribution in [2.45, 2.75) is 30.5 Å². The largest absolute Gasteiger partial charge is 0.497 e. The maximum absolute atomic E-state index is 14.1. The first-order valence-corrected chi connectivity index (χ1v) is 12.7. The average molecular weight is 517 g/mol. The number of aromatic nitrogens is 3. The van der Waals surface area contributed by atoms with E-state index < -0.39 is 12.0 Å². The minimum absolute atomic E-state index is 0.148. The topological polar surface area (TPSA) is 78.3 Å². The normalized spacial score (nSPS) is 14.6. The van der Waals surface area contributed by atoms with Gasteiger partial charge in [0, 0.05) is 11.4 Å². The number of fused-ring (bicyclic) bond motifs is 1. The van der Waals surface area contributed by atoms with Gasteiger partial charge in [0.2, 0.25) is 11.1 Å². The van der Waals surface area contributed by atoms with Gasteiger partial charge in [-0.25, -0.2) is 13.9 Å². The first-order valence-electron chi connectivity index (χ1n) is 11.7. The maximum atomic E-state index is 14.1. The van der Waals surface area contributed by atoms with Crippen LogP contribution in [-0.4, -0.2) is 27.8 Å². The summed E-state index contributed by atoms with van der Waals surface area (Å²) in [6.07, 6.45) is 0. The van der Waals surface area contributed by atoms with Crippen LogP contribution in [0.4, 0.5) is 10.3 Å². The summed E-state index contributed by atoms with van der Waals surface area (Å²) in [6.45, 7) is 1.96. The Morgan fingerprint density at radius 1 is 1.08 bits per heavy atom. The average Bonchev–Trinajstić information content (AvgIpc) is 3.33. The second-order valence-corrected chi connectivity index (χ2v) is 9.39. The zero-order valence-corrected chi connectivity index (χ0v) is 21.2. The summed E-state index contributed by atoms with van der Waals surface area (Å²) < 4.78 is 26.9. The third kappa shape index (κ3) is 5.36. The van der Waals surface area contributed by atoms with Crippen molar-refractivity contribution in [2.75, 3.05) is 12.4 Å². The summed E-state index contributed by atoms with van der Waals surface area (Å²) in [5.41, 5.74) is 3.30.